The van der Waals surface area contributed by atoms with E-state index in [0.717, 1.165) is 11.4 Å². The molecule has 0 saturated carbocycles. The van der Waals surface area contributed by atoms with Crippen molar-refractivity contribution in [1.29, 1.82) is 5.26 Å². The van der Waals surface area contributed by atoms with Crippen LogP contribution in [0, 0.1) is 11.3 Å². The summed E-state index contributed by atoms with van der Waals surface area (Å²) in [4.78, 5) is 18.6. The lowest BCUT2D eigenvalue weighted by atomic mass is 10.1. The van der Waals surface area contributed by atoms with Crippen molar-refractivity contribution in [1.82, 2.24) is 15.3 Å². The normalized spacial score (nSPS) is 10.3. The summed E-state index contributed by atoms with van der Waals surface area (Å²) >= 11 is 0. The minimum Gasteiger partial charge on any atom is -0.352 e. The Hall–Kier alpha value is -2.87. The molecule has 0 aliphatic carbocycles. The highest BCUT2D eigenvalue weighted by molar-refractivity contribution is 5.91. The first kappa shape index (κ1) is 13.6. The van der Waals surface area contributed by atoms with Crippen LogP contribution in [0.1, 0.15) is 17.0 Å². The summed E-state index contributed by atoms with van der Waals surface area (Å²) in [5.74, 6) is 0.697. The summed E-state index contributed by atoms with van der Waals surface area (Å²) in [7, 11) is 0. The number of carbonyl (C=O) groups excluding carboxylic acids is 1. The van der Waals surface area contributed by atoms with Crippen LogP contribution in [0.4, 0.5) is 0 Å². The largest absolute Gasteiger partial charge is 0.352 e. The molecule has 1 aromatic heterocycles. The summed E-state index contributed by atoms with van der Waals surface area (Å²) in [6, 6.07) is 9.08. The fraction of sp³-hybridized carbons (Fsp3) is 0.133. The van der Waals surface area contributed by atoms with E-state index < -0.39 is 0 Å². The molecule has 2 aromatic rings. The standard InChI is InChI=1S/C15H14N4O/c16-11-13-3-1-12(2-4-13)5-6-15(20)19-8-7-14-17-9-10-18-14/h1-6,9-10H,7-8H2,(H,17,18)(H,19,20)/b6-5+. The molecule has 0 aliphatic heterocycles. The van der Waals surface area contributed by atoms with Gasteiger partial charge in [0.15, 0.2) is 0 Å². The van der Waals surface area contributed by atoms with Crippen LogP contribution in [0.3, 0.4) is 0 Å². The number of nitriles is 1. The van der Waals surface area contributed by atoms with Gasteiger partial charge in [0.2, 0.25) is 5.91 Å². The summed E-state index contributed by atoms with van der Waals surface area (Å²) < 4.78 is 0. The summed E-state index contributed by atoms with van der Waals surface area (Å²) in [6.07, 6.45) is 7.29. The molecule has 0 radical (unpaired) electrons. The van der Waals surface area contributed by atoms with Gasteiger partial charge in [-0.05, 0) is 23.8 Å². The van der Waals surface area contributed by atoms with E-state index in [-0.39, 0.29) is 5.91 Å². The maximum atomic E-state index is 11.6. The van der Waals surface area contributed by atoms with Crippen molar-refractivity contribution in [3.8, 4) is 6.07 Å². The van der Waals surface area contributed by atoms with Crippen LogP contribution in [0.2, 0.25) is 0 Å². The third-order valence-electron chi connectivity index (χ3n) is 2.68. The second-order valence-electron chi connectivity index (χ2n) is 4.14. The Morgan fingerprint density at radius 3 is 2.85 bits per heavy atom. The van der Waals surface area contributed by atoms with Gasteiger partial charge in [0.1, 0.15) is 5.82 Å². The Kier molecular flexibility index (Phi) is 4.68. The summed E-state index contributed by atoms with van der Waals surface area (Å²) in [5, 5.41) is 11.5. The highest BCUT2D eigenvalue weighted by Gasteiger charge is 1.97. The first-order valence-corrected chi connectivity index (χ1v) is 6.22. The number of hydrogen-bond donors (Lipinski definition) is 2. The first-order valence-electron chi connectivity index (χ1n) is 6.22. The van der Waals surface area contributed by atoms with E-state index in [2.05, 4.69) is 15.3 Å². The van der Waals surface area contributed by atoms with Crippen molar-refractivity contribution in [3.05, 3.63) is 59.7 Å². The van der Waals surface area contributed by atoms with Crippen molar-refractivity contribution >= 4 is 12.0 Å². The average Bonchev–Trinajstić information content (AvgIpc) is 2.99. The number of H-pyrrole nitrogens is 1. The van der Waals surface area contributed by atoms with Gasteiger partial charge in [-0.25, -0.2) is 4.98 Å². The number of aromatic amines is 1. The molecule has 2 rings (SSSR count). The zero-order chi connectivity index (χ0) is 14.2. The van der Waals surface area contributed by atoms with Gasteiger partial charge in [0.25, 0.3) is 0 Å². The number of carbonyl (C=O) groups is 1. The smallest absolute Gasteiger partial charge is 0.244 e. The lowest BCUT2D eigenvalue weighted by molar-refractivity contribution is -0.116. The van der Waals surface area contributed by atoms with Gasteiger partial charge in [-0.1, -0.05) is 12.1 Å². The van der Waals surface area contributed by atoms with E-state index in [1.807, 2.05) is 6.07 Å². The molecular weight excluding hydrogens is 252 g/mol. The Balaban J connectivity index is 1.78. The van der Waals surface area contributed by atoms with Gasteiger partial charge in [-0.2, -0.15) is 5.26 Å². The minimum absolute atomic E-state index is 0.152. The second-order valence-corrected chi connectivity index (χ2v) is 4.14. The van der Waals surface area contributed by atoms with Gasteiger partial charge in [0, 0.05) is 31.4 Å². The van der Waals surface area contributed by atoms with E-state index >= 15 is 0 Å². The Bertz CT molecular complexity index is 621. The summed E-state index contributed by atoms with van der Waals surface area (Å²) in [6.45, 7) is 0.532. The molecule has 1 amide bonds. The Morgan fingerprint density at radius 2 is 2.20 bits per heavy atom. The number of nitrogens with zero attached hydrogens (tertiary/aromatic N) is 2. The third-order valence-corrected chi connectivity index (χ3v) is 2.68. The molecular formula is C15H14N4O. The third kappa shape index (κ3) is 4.10. The molecule has 5 heteroatoms. The van der Waals surface area contributed by atoms with Crippen LogP contribution in [-0.2, 0) is 11.2 Å². The van der Waals surface area contributed by atoms with Gasteiger partial charge < -0.3 is 10.3 Å². The quantitative estimate of drug-likeness (QED) is 0.807. The molecule has 0 unspecified atom stereocenters. The molecule has 100 valence electrons. The van der Waals surface area contributed by atoms with Crippen molar-refractivity contribution in [2.75, 3.05) is 6.54 Å². The molecule has 1 heterocycles. The molecule has 0 atom stereocenters. The van der Waals surface area contributed by atoms with E-state index in [9.17, 15) is 4.79 Å². The van der Waals surface area contributed by atoms with Gasteiger partial charge in [-0.3, -0.25) is 4.79 Å². The van der Waals surface area contributed by atoms with Crippen LogP contribution < -0.4 is 5.32 Å². The van der Waals surface area contributed by atoms with Gasteiger partial charge >= 0.3 is 0 Å². The monoisotopic (exact) mass is 266 g/mol. The van der Waals surface area contributed by atoms with E-state index in [1.165, 1.54) is 6.08 Å². The lowest BCUT2D eigenvalue weighted by Gasteiger charge is -2.00. The fourth-order valence-corrected chi connectivity index (χ4v) is 1.64. The number of imidazole rings is 1. The highest BCUT2D eigenvalue weighted by atomic mass is 16.1. The zero-order valence-corrected chi connectivity index (χ0v) is 10.8. The second kappa shape index (κ2) is 6.90. The van der Waals surface area contributed by atoms with Crippen LogP contribution in [0.25, 0.3) is 6.08 Å². The molecule has 0 spiro atoms. The number of benzene rings is 1. The molecule has 20 heavy (non-hydrogen) atoms. The topological polar surface area (TPSA) is 81.6 Å². The first-order chi connectivity index (χ1) is 9.78. The zero-order valence-electron chi connectivity index (χ0n) is 10.8. The van der Waals surface area contributed by atoms with Crippen LogP contribution in [0.15, 0.2) is 42.7 Å². The molecule has 2 N–H and O–H groups in total. The predicted octanol–water partition coefficient (Wildman–Crippen LogP) is 1.65. The number of aromatic nitrogens is 2. The molecule has 0 bridgehead atoms. The summed E-state index contributed by atoms with van der Waals surface area (Å²) in [5.41, 5.74) is 1.48. The molecule has 0 saturated heterocycles. The van der Waals surface area contributed by atoms with Crippen LogP contribution in [-0.4, -0.2) is 22.4 Å². The van der Waals surface area contributed by atoms with Crippen molar-refractivity contribution in [2.24, 2.45) is 0 Å². The minimum atomic E-state index is -0.152. The lowest BCUT2D eigenvalue weighted by Crippen LogP contribution is -2.23. The van der Waals surface area contributed by atoms with Crippen LogP contribution >= 0.6 is 0 Å². The average molecular weight is 266 g/mol. The SMILES string of the molecule is N#Cc1ccc(/C=C/C(=O)NCCc2ncc[nH]2)cc1. The van der Waals surface area contributed by atoms with Crippen molar-refractivity contribution in [3.63, 3.8) is 0 Å². The highest BCUT2D eigenvalue weighted by Crippen LogP contribution is 2.04. The number of rotatable bonds is 5. The predicted molar refractivity (Wildman–Crippen MR) is 75.5 cm³/mol. The molecule has 0 fully saturated rings. The van der Waals surface area contributed by atoms with Crippen molar-refractivity contribution < 1.29 is 4.79 Å². The van der Waals surface area contributed by atoms with Crippen molar-refractivity contribution in [2.45, 2.75) is 6.42 Å². The number of amides is 1. The molecule has 5 nitrogen and oxygen atoms in total. The molecule has 1 aromatic carbocycles. The Morgan fingerprint density at radius 1 is 1.40 bits per heavy atom. The number of nitrogens with one attached hydrogen (secondary N) is 2. The van der Waals surface area contributed by atoms with Crippen LogP contribution in [0.5, 0.6) is 0 Å². The maximum absolute atomic E-state index is 11.6. The fourth-order valence-electron chi connectivity index (χ4n) is 1.64. The van der Waals surface area contributed by atoms with E-state index in [4.69, 9.17) is 5.26 Å². The van der Waals surface area contributed by atoms with Gasteiger partial charge in [0.05, 0.1) is 11.6 Å². The van der Waals surface area contributed by atoms with Gasteiger partial charge in [-0.15, -0.1) is 0 Å². The maximum Gasteiger partial charge on any atom is 0.244 e. The number of hydrogen-bond acceptors (Lipinski definition) is 3. The molecule has 0 aliphatic rings. The Labute approximate surface area is 117 Å². The van der Waals surface area contributed by atoms with E-state index in [1.54, 1.807) is 42.7 Å². The van der Waals surface area contributed by atoms with E-state index in [0.29, 0.717) is 18.5 Å².